The number of rotatable bonds is 5. The lowest BCUT2D eigenvalue weighted by atomic mass is 10.1. The van der Waals surface area contributed by atoms with Crippen molar-refractivity contribution in [2.75, 3.05) is 0 Å². The fourth-order valence-electron chi connectivity index (χ4n) is 2.63. The molecule has 144 valence electrons. The van der Waals surface area contributed by atoms with Crippen molar-refractivity contribution in [3.8, 4) is 0 Å². The SMILES string of the molecule is CCn1c(=O)sc2cc(S(=O)(=O)NCc3cccc(C(F)(F)F)c3)ccc21. The number of hydrogen-bond donors (Lipinski definition) is 1. The third-order valence-corrected chi connectivity index (χ3v) is 6.33. The molecule has 27 heavy (non-hydrogen) atoms. The van der Waals surface area contributed by atoms with Crippen molar-refractivity contribution in [2.45, 2.75) is 31.1 Å². The lowest BCUT2D eigenvalue weighted by Gasteiger charge is -2.10. The Morgan fingerprint density at radius 2 is 1.89 bits per heavy atom. The molecule has 0 fully saturated rings. The van der Waals surface area contributed by atoms with Crippen LogP contribution in [0.4, 0.5) is 13.2 Å². The molecule has 0 aliphatic heterocycles. The summed E-state index contributed by atoms with van der Waals surface area (Å²) in [5.74, 6) is 0. The summed E-state index contributed by atoms with van der Waals surface area (Å²) < 4.78 is 67.6. The van der Waals surface area contributed by atoms with Crippen LogP contribution >= 0.6 is 11.3 Å². The number of benzene rings is 2. The maximum atomic E-state index is 12.8. The first kappa shape index (κ1) is 19.6. The molecular weight excluding hydrogens is 401 g/mol. The van der Waals surface area contributed by atoms with Crippen molar-refractivity contribution >= 4 is 31.6 Å². The van der Waals surface area contributed by atoms with Crippen molar-refractivity contribution in [1.29, 1.82) is 0 Å². The van der Waals surface area contributed by atoms with Gasteiger partial charge in [-0.1, -0.05) is 29.5 Å². The molecule has 1 N–H and O–H groups in total. The second-order valence-electron chi connectivity index (χ2n) is 5.76. The quantitative estimate of drug-likeness (QED) is 0.691. The van der Waals surface area contributed by atoms with Gasteiger partial charge in [0.15, 0.2) is 0 Å². The van der Waals surface area contributed by atoms with Gasteiger partial charge in [-0.2, -0.15) is 13.2 Å². The molecule has 0 atom stereocenters. The lowest BCUT2D eigenvalue weighted by Crippen LogP contribution is -2.23. The highest BCUT2D eigenvalue weighted by Gasteiger charge is 2.30. The molecule has 0 aliphatic carbocycles. The Labute approximate surface area is 157 Å². The van der Waals surface area contributed by atoms with Crippen LogP contribution in [0, 0.1) is 0 Å². The van der Waals surface area contributed by atoms with Gasteiger partial charge in [-0.25, -0.2) is 13.1 Å². The van der Waals surface area contributed by atoms with Crippen molar-refractivity contribution in [3.63, 3.8) is 0 Å². The molecule has 1 aromatic heterocycles. The zero-order valence-corrected chi connectivity index (χ0v) is 15.7. The standard InChI is InChI=1S/C17H15F3N2O3S2/c1-2-22-14-7-6-13(9-15(14)26-16(22)23)27(24,25)21-10-11-4-3-5-12(8-11)17(18,19)20/h3-9,21H,2,10H2,1H3. The van der Waals surface area contributed by atoms with E-state index < -0.39 is 21.8 Å². The number of halogens is 3. The number of aryl methyl sites for hydroxylation is 1. The van der Waals surface area contributed by atoms with E-state index in [2.05, 4.69) is 4.72 Å². The molecule has 1 heterocycles. The highest BCUT2D eigenvalue weighted by atomic mass is 32.2. The second-order valence-corrected chi connectivity index (χ2v) is 8.52. The topological polar surface area (TPSA) is 68.2 Å². The first-order valence-electron chi connectivity index (χ1n) is 7.91. The molecule has 3 rings (SSSR count). The summed E-state index contributed by atoms with van der Waals surface area (Å²) in [6.45, 7) is 2.00. The van der Waals surface area contributed by atoms with Gasteiger partial charge in [0.1, 0.15) is 0 Å². The zero-order valence-electron chi connectivity index (χ0n) is 14.1. The van der Waals surface area contributed by atoms with Gasteiger partial charge in [0.25, 0.3) is 0 Å². The van der Waals surface area contributed by atoms with E-state index in [-0.39, 0.29) is 21.9 Å². The predicted octanol–water partition coefficient (Wildman–Crippen LogP) is 3.58. The van der Waals surface area contributed by atoms with E-state index >= 15 is 0 Å². The summed E-state index contributed by atoms with van der Waals surface area (Å²) in [5, 5.41) is 0. The summed E-state index contributed by atoms with van der Waals surface area (Å²) in [6.07, 6.45) is -4.50. The van der Waals surface area contributed by atoms with Gasteiger partial charge < -0.3 is 0 Å². The molecule has 5 nitrogen and oxygen atoms in total. The van der Waals surface area contributed by atoms with E-state index in [9.17, 15) is 26.4 Å². The van der Waals surface area contributed by atoms with Crippen molar-refractivity contribution in [1.82, 2.24) is 9.29 Å². The minimum Gasteiger partial charge on any atom is -0.299 e. The highest BCUT2D eigenvalue weighted by molar-refractivity contribution is 7.89. The number of hydrogen-bond acceptors (Lipinski definition) is 4. The number of sulfonamides is 1. The summed E-state index contributed by atoms with van der Waals surface area (Å²) in [4.78, 5) is 11.6. The molecule has 0 radical (unpaired) electrons. The number of alkyl halides is 3. The number of thiazole rings is 1. The van der Waals surface area contributed by atoms with E-state index in [1.807, 2.05) is 6.92 Å². The molecule has 0 aliphatic rings. The normalized spacial score (nSPS) is 12.6. The van der Waals surface area contributed by atoms with Crippen molar-refractivity contribution in [3.05, 3.63) is 63.3 Å². The van der Waals surface area contributed by atoms with Crippen LogP contribution < -0.4 is 9.60 Å². The van der Waals surface area contributed by atoms with Crippen LogP contribution in [0.3, 0.4) is 0 Å². The number of fused-ring (bicyclic) bond motifs is 1. The molecule has 0 saturated carbocycles. The summed E-state index contributed by atoms with van der Waals surface area (Å²) in [5.41, 5.74) is -0.00750. The minimum absolute atomic E-state index is 0.0496. The van der Waals surface area contributed by atoms with Crippen LogP contribution in [-0.2, 0) is 29.3 Å². The predicted molar refractivity (Wildman–Crippen MR) is 97.2 cm³/mol. The fourth-order valence-corrected chi connectivity index (χ4v) is 4.75. The van der Waals surface area contributed by atoms with Crippen LogP contribution in [0.5, 0.6) is 0 Å². The number of nitrogens with one attached hydrogen (secondary N) is 1. The Morgan fingerprint density at radius 3 is 2.56 bits per heavy atom. The molecule has 0 saturated heterocycles. The van der Waals surface area contributed by atoms with E-state index in [0.717, 1.165) is 23.5 Å². The van der Waals surface area contributed by atoms with Gasteiger partial charge in [0.2, 0.25) is 10.0 Å². The number of aromatic nitrogens is 1. The van der Waals surface area contributed by atoms with Gasteiger partial charge in [0, 0.05) is 13.1 Å². The third kappa shape index (κ3) is 4.07. The van der Waals surface area contributed by atoms with E-state index in [1.54, 1.807) is 6.07 Å². The second kappa shape index (κ2) is 7.10. The molecule has 0 spiro atoms. The highest BCUT2D eigenvalue weighted by Crippen LogP contribution is 2.29. The Bertz CT molecular complexity index is 1150. The van der Waals surface area contributed by atoms with Gasteiger partial charge in [-0.05, 0) is 36.8 Å². The van der Waals surface area contributed by atoms with Gasteiger partial charge in [-0.15, -0.1) is 0 Å². The van der Waals surface area contributed by atoms with E-state index in [4.69, 9.17) is 0 Å². The molecule has 3 aromatic rings. The van der Waals surface area contributed by atoms with Crippen LogP contribution in [0.1, 0.15) is 18.1 Å². The minimum atomic E-state index is -4.50. The fraction of sp³-hybridized carbons (Fsp3) is 0.235. The Balaban J connectivity index is 1.85. The van der Waals surface area contributed by atoms with Gasteiger partial charge >= 0.3 is 11.0 Å². The van der Waals surface area contributed by atoms with Gasteiger partial charge in [-0.3, -0.25) is 9.36 Å². The third-order valence-electron chi connectivity index (χ3n) is 3.99. The van der Waals surface area contributed by atoms with Crippen LogP contribution in [0.2, 0.25) is 0 Å². The molecule has 0 bridgehead atoms. The molecular formula is C17H15F3N2O3S2. The summed E-state index contributed by atoms with van der Waals surface area (Å²) in [7, 11) is -3.94. The van der Waals surface area contributed by atoms with Crippen molar-refractivity contribution in [2.24, 2.45) is 0 Å². The maximum Gasteiger partial charge on any atom is 0.416 e. The first-order chi connectivity index (χ1) is 12.6. The van der Waals surface area contributed by atoms with Crippen LogP contribution in [0.15, 0.2) is 52.2 Å². The van der Waals surface area contributed by atoms with E-state index in [0.29, 0.717) is 16.8 Å². The largest absolute Gasteiger partial charge is 0.416 e. The van der Waals surface area contributed by atoms with Crippen LogP contribution in [-0.4, -0.2) is 13.0 Å². The monoisotopic (exact) mass is 416 g/mol. The smallest absolute Gasteiger partial charge is 0.299 e. The van der Waals surface area contributed by atoms with Gasteiger partial charge in [0.05, 0.1) is 20.7 Å². The molecule has 10 heteroatoms. The van der Waals surface area contributed by atoms with E-state index in [1.165, 1.54) is 28.8 Å². The first-order valence-corrected chi connectivity index (χ1v) is 10.2. The Kier molecular flexibility index (Phi) is 5.15. The van der Waals surface area contributed by atoms with Crippen LogP contribution in [0.25, 0.3) is 10.2 Å². The maximum absolute atomic E-state index is 12.8. The molecule has 0 unspecified atom stereocenters. The summed E-state index contributed by atoms with van der Waals surface area (Å²) in [6, 6.07) is 8.77. The average Bonchev–Trinajstić information content (AvgIpc) is 2.93. The zero-order chi connectivity index (χ0) is 19.8. The molecule has 0 amide bonds. The Hall–Kier alpha value is -2.17. The average molecular weight is 416 g/mol. The Morgan fingerprint density at radius 1 is 1.15 bits per heavy atom. The summed E-state index contributed by atoms with van der Waals surface area (Å²) >= 11 is 0.943. The molecule has 2 aromatic carbocycles. The van der Waals surface area contributed by atoms with Crippen molar-refractivity contribution < 1.29 is 21.6 Å². The number of nitrogens with zero attached hydrogens (tertiary/aromatic N) is 1. The lowest BCUT2D eigenvalue weighted by molar-refractivity contribution is -0.137.